The largest absolute Gasteiger partial charge is 0.383 e. The first-order chi connectivity index (χ1) is 16.9. The molecule has 1 saturated heterocycles. The summed E-state index contributed by atoms with van der Waals surface area (Å²) in [5.74, 6) is -0.276. The molecule has 0 saturated carbocycles. The van der Waals surface area contributed by atoms with Crippen LogP contribution in [-0.2, 0) is 11.3 Å². The van der Waals surface area contributed by atoms with Crippen LogP contribution in [0.1, 0.15) is 12.5 Å². The van der Waals surface area contributed by atoms with Crippen LogP contribution in [0.3, 0.4) is 0 Å². The monoisotopic (exact) mass is 496 g/mol. The predicted molar refractivity (Wildman–Crippen MR) is 139 cm³/mol. The normalized spacial score (nSPS) is 14.2. The molecule has 10 heteroatoms. The van der Waals surface area contributed by atoms with E-state index in [4.69, 9.17) is 17.3 Å². The first kappa shape index (κ1) is 24.6. The lowest BCUT2D eigenvalue weighted by Gasteiger charge is -2.36. The van der Waals surface area contributed by atoms with Crippen LogP contribution in [0.15, 0.2) is 64.2 Å². The number of amides is 1. The highest BCUT2D eigenvalue weighted by Crippen LogP contribution is 2.26. The van der Waals surface area contributed by atoms with Crippen LogP contribution in [0.2, 0.25) is 5.02 Å². The molecule has 1 aliphatic rings. The minimum Gasteiger partial charge on any atom is -0.383 e. The van der Waals surface area contributed by atoms with Crippen LogP contribution in [0.5, 0.6) is 0 Å². The highest BCUT2D eigenvalue weighted by molar-refractivity contribution is 6.33. The molecule has 0 bridgehead atoms. The van der Waals surface area contributed by atoms with Gasteiger partial charge in [-0.15, -0.1) is 0 Å². The van der Waals surface area contributed by atoms with Gasteiger partial charge in [0.25, 0.3) is 5.56 Å². The molecule has 3 aromatic rings. The molecule has 1 aliphatic heterocycles. The number of aromatic nitrogens is 2. The molecule has 9 nitrogen and oxygen atoms in total. The van der Waals surface area contributed by atoms with E-state index >= 15 is 0 Å². The zero-order valence-electron chi connectivity index (χ0n) is 19.6. The van der Waals surface area contributed by atoms with Crippen molar-refractivity contribution in [3.05, 3.63) is 86.0 Å². The van der Waals surface area contributed by atoms with Crippen LogP contribution in [0.25, 0.3) is 0 Å². The van der Waals surface area contributed by atoms with Crippen molar-refractivity contribution >= 4 is 34.7 Å². The number of likely N-dealkylation sites (N-methyl/N-ethyl adjacent to an activating group) is 1. The number of hydrogen-bond donors (Lipinski definition) is 2. The Balaban J connectivity index is 1.49. The molecule has 35 heavy (non-hydrogen) atoms. The fraction of sp³-hybridized carbons (Fsp3) is 0.320. The molecular formula is C25H29ClN6O3. The Morgan fingerprint density at radius 1 is 1.03 bits per heavy atom. The summed E-state index contributed by atoms with van der Waals surface area (Å²) in [6, 6.07) is 17.0. The maximum absolute atomic E-state index is 13.3. The number of para-hydroxylation sites is 1. The summed E-state index contributed by atoms with van der Waals surface area (Å²) in [7, 11) is 0. The molecule has 184 valence electrons. The molecule has 0 radical (unpaired) electrons. The smallest absolute Gasteiger partial charge is 0.330 e. The number of nitrogen functional groups attached to an aromatic ring is 1. The number of nitrogens with one attached hydrogen (secondary N) is 1. The maximum Gasteiger partial charge on any atom is 0.330 e. The van der Waals surface area contributed by atoms with Gasteiger partial charge < -0.3 is 15.5 Å². The first-order valence-corrected chi connectivity index (χ1v) is 12.0. The highest BCUT2D eigenvalue weighted by atomic mass is 35.5. The highest BCUT2D eigenvalue weighted by Gasteiger charge is 2.26. The number of benzene rings is 2. The molecule has 0 aliphatic carbocycles. The molecule has 0 atom stereocenters. The number of nitrogens with two attached hydrogens (primary N) is 1. The van der Waals surface area contributed by atoms with Crippen LogP contribution in [0, 0.1) is 0 Å². The lowest BCUT2D eigenvalue weighted by molar-refractivity contribution is -0.119. The zero-order valence-corrected chi connectivity index (χ0v) is 20.4. The molecule has 1 amide bonds. The topological polar surface area (TPSA) is 108 Å². The van der Waals surface area contributed by atoms with Gasteiger partial charge in [0.2, 0.25) is 5.91 Å². The van der Waals surface area contributed by atoms with Gasteiger partial charge in [-0.1, -0.05) is 54.1 Å². The van der Waals surface area contributed by atoms with E-state index in [0.717, 1.165) is 24.3 Å². The predicted octanol–water partition coefficient (Wildman–Crippen LogP) is 2.00. The van der Waals surface area contributed by atoms with Crippen molar-refractivity contribution in [3.8, 4) is 0 Å². The van der Waals surface area contributed by atoms with Gasteiger partial charge in [0, 0.05) is 32.7 Å². The Morgan fingerprint density at radius 3 is 2.34 bits per heavy atom. The van der Waals surface area contributed by atoms with Crippen molar-refractivity contribution in [2.75, 3.05) is 54.8 Å². The van der Waals surface area contributed by atoms with Gasteiger partial charge in [0.1, 0.15) is 5.82 Å². The molecular weight excluding hydrogens is 468 g/mol. The molecule has 2 heterocycles. The lowest BCUT2D eigenvalue weighted by atomic mass is 10.2. The molecule has 0 spiro atoms. The Morgan fingerprint density at radius 2 is 1.69 bits per heavy atom. The number of carbonyl (C=O) groups excluding carboxylic acids is 1. The number of nitrogens with zero attached hydrogens (tertiary/aromatic N) is 4. The minimum absolute atomic E-state index is 0.00253. The third-order valence-corrected chi connectivity index (χ3v) is 6.53. The summed E-state index contributed by atoms with van der Waals surface area (Å²) in [5.41, 5.74) is 6.85. The van der Waals surface area contributed by atoms with Crippen molar-refractivity contribution in [3.63, 3.8) is 0 Å². The summed E-state index contributed by atoms with van der Waals surface area (Å²) >= 11 is 6.33. The molecule has 1 fully saturated rings. The summed E-state index contributed by atoms with van der Waals surface area (Å²) in [6.07, 6.45) is 0. The second-order valence-electron chi connectivity index (χ2n) is 8.42. The lowest BCUT2D eigenvalue weighted by Crippen LogP contribution is -2.51. The number of piperazine rings is 1. The van der Waals surface area contributed by atoms with Crippen molar-refractivity contribution in [2.45, 2.75) is 13.5 Å². The second kappa shape index (κ2) is 10.8. The van der Waals surface area contributed by atoms with Crippen LogP contribution < -0.4 is 26.8 Å². The molecule has 0 unspecified atom stereocenters. The third-order valence-electron chi connectivity index (χ3n) is 6.21. The Labute approximate surface area is 208 Å². The standard InChI is InChI=1S/C25H29ClN6O3/c1-2-31(21(33)17-29-12-14-30(15-13-29)20-11-7-6-10-19(20)26)22-23(27)32(25(35)28-24(22)34)16-18-8-4-3-5-9-18/h3-11H,2,12-17,27H2,1H3,(H,28,34,35). The third kappa shape index (κ3) is 5.41. The number of anilines is 3. The van der Waals surface area contributed by atoms with Crippen molar-refractivity contribution < 1.29 is 4.79 Å². The van der Waals surface area contributed by atoms with Crippen LogP contribution in [0.4, 0.5) is 17.2 Å². The van der Waals surface area contributed by atoms with Crippen LogP contribution >= 0.6 is 11.6 Å². The second-order valence-corrected chi connectivity index (χ2v) is 8.82. The Bertz CT molecular complexity index is 1300. The van der Waals surface area contributed by atoms with Gasteiger partial charge in [-0.3, -0.25) is 24.0 Å². The number of H-pyrrole nitrogens is 1. The van der Waals surface area contributed by atoms with Gasteiger partial charge in [0.05, 0.1) is 23.8 Å². The van der Waals surface area contributed by atoms with Gasteiger partial charge >= 0.3 is 5.69 Å². The average molecular weight is 497 g/mol. The van der Waals surface area contributed by atoms with Gasteiger partial charge in [-0.2, -0.15) is 0 Å². The van der Waals surface area contributed by atoms with Gasteiger partial charge in [0.15, 0.2) is 5.69 Å². The number of halogens is 1. The molecule has 4 rings (SSSR count). The van der Waals surface area contributed by atoms with E-state index in [1.54, 1.807) is 6.92 Å². The van der Waals surface area contributed by atoms with E-state index in [9.17, 15) is 14.4 Å². The number of aromatic amines is 1. The summed E-state index contributed by atoms with van der Waals surface area (Å²) in [4.78, 5) is 46.4. The van der Waals surface area contributed by atoms with E-state index in [2.05, 4.69) is 9.88 Å². The fourth-order valence-corrected chi connectivity index (χ4v) is 4.61. The van der Waals surface area contributed by atoms with E-state index in [0.29, 0.717) is 18.1 Å². The van der Waals surface area contributed by atoms with Gasteiger partial charge in [-0.25, -0.2) is 4.79 Å². The summed E-state index contributed by atoms with van der Waals surface area (Å²) in [6.45, 7) is 5.16. The van der Waals surface area contributed by atoms with E-state index in [-0.39, 0.29) is 37.0 Å². The molecule has 2 aromatic carbocycles. The van der Waals surface area contributed by atoms with E-state index in [1.807, 2.05) is 59.5 Å². The van der Waals surface area contributed by atoms with Crippen LogP contribution in [-0.4, -0.2) is 59.6 Å². The number of rotatable bonds is 7. The van der Waals surface area contributed by atoms with Crippen molar-refractivity contribution in [2.24, 2.45) is 0 Å². The van der Waals surface area contributed by atoms with Gasteiger partial charge in [-0.05, 0) is 24.6 Å². The summed E-state index contributed by atoms with van der Waals surface area (Å²) < 4.78 is 1.28. The quantitative estimate of drug-likeness (QED) is 0.518. The Kier molecular flexibility index (Phi) is 7.57. The minimum atomic E-state index is -0.671. The van der Waals surface area contributed by atoms with E-state index in [1.165, 1.54) is 9.47 Å². The number of carbonyl (C=O) groups is 1. The average Bonchev–Trinajstić information content (AvgIpc) is 2.86. The van der Waals surface area contributed by atoms with Crippen molar-refractivity contribution in [1.82, 2.24) is 14.5 Å². The first-order valence-electron chi connectivity index (χ1n) is 11.6. The maximum atomic E-state index is 13.3. The molecule has 1 aromatic heterocycles. The number of hydrogen-bond acceptors (Lipinski definition) is 6. The Hall–Kier alpha value is -3.56. The zero-order chi connectivity index (χ0) is 24.9. The SMILES string of the molecule is CCN(C(=O)CN1CCN(c2ccccc2Cl)CC1)c1c(N)n(Cc2ccccc2)c(=O)[nH]c1=O. The summed E-state index contributed by atoms with van der Waals surface area (Å²) in [5, 5.41) is 0.703. The fourth-order valence-electron chi connectivity index (χ4n) is 4.35. The van der Waals surface area contributed by atoms with Crippen molar-refractivity contribution in [1.29, 1.82) is 0 Å². The molecule has 3 N–H and O–H groups in total. The van der Waals surface area contributed by atoms with E-state index < -0.39 is 11.2 Å².